The fourth-order valence-electron chi connectivity index (χ4n) is 2.30. The van der Waals surface area contributed by atoms with Gasteiger partial charge in [-0.25, -0.2) is 0 Å². The van der Waals surface area contributed by atoms with E-state index in [1.165, 1.54) is 38.6 Å². The van der Waals surface area contributed by atoms with Gasteiger partial charge in [0.25, 0.3) is 0 Å². The van der Waals surface area contributed by atoms with Crippen LogP contribution in [0.15, 0.2) is 17.6 Å². The van der Waals surface area contributed by atoms with Gasteiger partial charge in [0.1, 0.15) is 0 Å². The lowest BCUT2D eigenvalue weighted by Gasteiger charge is -2.21. The lowest BCUT2D eigenvalue weighted by atomic mass is 10.1. The first-order valence-corrected chi connectivity index (χ1v) is 8.86. The highest BCUT2D eigenvalue weighted by atomic mass is 15.3. The van der Waals surface area contributed by atoms with Crippen LogP contribution in [0, 0.1) is 0 Å². The fraction of sp³-hybridized carbons (Fsp3) is 0.833. The van der Waals surface area contributed by atoms with Crippen molar-refractivity contribution >= 4 is 5.96 Å². The highest BCUT2D eigenvalue weighted by Gasteiger charge is 2.04. The van der Waals surface area contributed by atoms with Gasteiger partial charge in [-0.2, -0.15) is 0 Å². The summed E-state index contributed by atoms with van der Waals surface area (Å²) in [6, 6.07) is 0. The van der Waals surface area contributed by atoms with E-state index in [2.05, 4.69) is 49.8 Å². The van der Waals surface area contributed by atoms with Gasteiger partial charge in [0.2, 0.25) is 0 Å². The lowest BCUT2D eigenvalue weighted by Crippen LogP contribution is -2.39. The molecule has 0 fully saturated rings. The molecule has 0 atom stereocenters. The number of guanidine groups is 1. The van der Waals surface area contributed by atoms with E-state index in [0.29, 0.717) is 0 Å². The molecule has 0 amide bonds. The van der Waals surface area contributed by atoms with Gasteiger partial charge in [-0.05, 0) is 53.2 Å². The summed E-state index contributed by atoms with van der Waals surface area (Å²) in [5, 5.41) is 3.38. The monoisotopic (exact) mass is 310 g/mol. The van der Waals surface area contributed by atoms with Crippen LogP contribution in [0.4, 0.5) is 0 Å². The maximum atomic E-state index is 4.74. The van der Waals surface area contributed by atoms with Crippen molar-refractivity contribution in [3.05, 3.63) is 12.7 Å². The Bertz CT molecular complexity index is 287. The number of nitrogens with zero attached hydrogens (tertiary/aromatic N) is 3. The largest absolute Gasteiger partial charge is 0.357 e. The van der Waals surface area contributed by atoms with Crippen molar-refractivity contribution in [3.8, 4) is 0 Å². The second-order valence-corrected chi connectivity index (χ2v) is 6.16. The van der Waals surface area contributed by atoms with E-state index < -0.39 is 0 Å². The molecule has 0 aliphatic heterocycles. The van der Waals surface area contributed by atoms with Gasteiger partial charge in [-0.3, -0.25) is 4.99 Å². The van der Waals surface area contributed by atoms with E-state index in [0.717, 1.165) is 38.4 Å². The SMILES string of the molecule is C=CCCCN(C)C(=NCCCCCCCN(C)C)NCC. The topological polar surface area (TPSA) is 30.9 Å². The van der Waals surface area contributed by atoms with Crippen molar-refractivity contribution in [1.82, 2.24) is 15.1 Å². The Labute approximate surface area is 138 Å². The summed E-state index contributed by atoms with van der Waals surface area (Å²) in [5.41, 5.74) is 0. The summed E-state index contributed by atoms with van der Waals surface area (Å²) in [6.45, 7) is 9.99. The maximum absolute atomic E-state index is 4.74. The second kappa shape index (κ2) is 14.9. The van der Waals surface area contributed by atoms with Crippen molar-refractivity contribution in [2.45, 2.75) is 51.9 Å². The molecule has 0 aliphatic rings. The van der Waals surface area contributed by atoms with E-state index in [4.69, 9.17) is 4.99 Å². The number of unbranched alkanes of at least 4 members (excludes halogenated alkanes) is 5. The summed E-state index contributed by atoms with van der Waals surface area (Å²) >= 11 is 0. The third kappa shape index (κ3) is 12.7. The van der Waals surface area contributed by atoms with Crippen LogP contribution in [0.2, 0.25) is 0 Å². The highest BCUT2D eigenvalue weighted by Crippen LogP contribution is 2.04. The van der Waals surface area contributed by atoms with E-state index >= 15 is 0 Å². The molecule has 0 spiro atoms. The van der Waals surface area contributed by atoms with Gasteiger partial charge in [-0.1, -0.05) is 25.3 Å². The zero-order valence-corrected chi connectivity index (χ0v) is 15.4. The molecule has 0 aromatic carbocycles. The van der Waals surface area contributed by atoms with Crippen LogP contribution >= 0.6 is 0 Å². The Morgan fingerprint density at radius 2 is 1.68 bits per heavy atom. The molecule has 0 aromatic heterocycles. The van der Waals surface area contributed by atoms with Crippen LogP contribution < -0.4 is 5.32 Å². The molecular weight excluding hydrogens is 272 g/mol. The predicted octanol–water partition coefficient (Wildman–Crippen LogP) is 3.36. The Balaban J connectivity index is 3.83. The summed E-state index contributed by atoms with van der Waals surface area (Å²) in [4.78, 5) is 9.22. The van der Waals surface area contributed by atoms with E-state index in [1.807, 2.05) is 6.08 Å². The average Bonchev–Trinajstić information content (AvgIpc) is 2.48. The van der Waals surface area contributed by atoms with E-state index in [1.54, 1.807) is 0 Å². The van der Waals surface area contributed by atoms with Crippen LogP contribution in [-0.4, -0.2) is 63.1 Å². The predicted molar refractivity (Wildman–Crippen MR) is 99.7 cm³/mol. The van der Waals surface area contributed by atoms with Crippen LogP contribution in [-0.2, 0) is 0 Å². The number of hydrogen-bond acceptors (Lipinski definition) is 2. The zero-order valence-electron chi connectivity index (χ0n) is 15.4. The maximum Gasteiger partial charge on any atom is 0.193 e. The molecule has 0 aromatic rings. The first-order chi connectivity index (χ1) is 10.6. The first-order valence-electron chi connectivity index (χ1n) is 8.86. The fourth-order valence-corrected chi connectivity index (χ4v) is 2.30. The molecule has 0 saturated heterocycles. The van der Waals surface area contributed by atoms with Gasteiger partial charge in [0, 0.05) is 26.7 Å². The Morgan fingerprint density at radius 1 is 1.00 bits per heavy atom. The lowest BCUT2D eigenvalue weighted by molar-refractivity contribution is 0.390. The Kier molecular flexibility index (Phi) is 14.2. The molecule has 0 unspecified atom stereocenters. The quantitative estimate of drug-likeness (QED) is 0.245. The summed E-state index contributed by atoms with van der Waals surface area (Å²) < 4.78 is 0. The smallest absolute Gasteiger partial charge is 0.193 e. The van der Waals surface area contributed by atoms with Crippen molar-refractivity contribution in [2.75, 3.05) is 47.3 Å². The average molecular weight is 311 g/mol. The van der Waals surface area contributed by atoms with Gasteiger partial charge in [0.15, 0.2) is 5.96 Å². The molecule has 0 heterocycles. The first kappa shape index (κ1) is 21.0. The molecule has 0 bridgehead atoms. The molecule has 0 rings (SSSR count). The molecule has 0 radical (unpaired) electrons. The molecule has 22 heavy (non-hydrogen) atoms. The minimum absolute atomic E-state index is 0.926. The van der Waals surface area contributed by atoms with Crippen molar-refractivity contribution in [3.63, 3.8) is 0 Å². The van der Waals surface area contributed by atoms with Gasteiger partial charge < -0.3 is 15.1 Å². The number of nitrogens with one attached hydrogen (secondary N) is 1. The molecule has 0 saturated carbocycles. The van der Waals surface area contributed by atoms with Crippen molar-refractivity contribution in [2.24, 2.45) is 4.99 Å². The third-order valence-corrected chi connectivity index (χ3v) is 3.62. The molecular formula is C18H38N4. The second-order valence-electron chi connectivity index (χ2n) is 6.16. The van der Waals surface area contributed by atoms with Crippen LogP contribution in [0.25, 0.3) is 0 Å². The minimum Gasteiger partial charge on any atom is -0.357 e. The van der Waals surface area contributed by atoms with Gasteiger partial charge in [-0.15, -0.1) is 6.58 Å². The number of rotatable bonds is 13. The Morgan fingerprint density at radius 3 is 2.32 bits per heavy atom. The zero-order chi connectivity index (χ0) is 16.6. The van der Waals surface area contributed by atoms with Crippen molar-refractivity contribution < 1.29 is 0 Å². The van der Waals surface area contributed by atoms with Crippen LogP contribution in [0.1, 0.15) is 51.9 Å². The molecule has 4 nitrogen and oxygen atoms in total. The number of hydrogen-bond donors (Lipinski definition) is 1. The Hall–Kier alpha value is -1.03. The number of aliphatic imine (C=N–C) groups is 1. The standard InChI is InChI=1S/C18H38N4/c1-6-8-13-17-22(5)18(19-7-2)20-15-12-10-9-11-14-16-21(3)4/h6H,1,7-17H2,2-5H3,(H,19,20). The highest BCUT2D eigenvalue weighted by molar-refractivity contribution is 5.79. The van der Waals surface area contributed by atoms with Gasteiger partial charge in [0.05, 0.1) is 0 Å². The van der Waals surface area contributed by atoms with Crippen LogP contribution in [0.5, 0.6) is 0 Å². The molecule has 0 aliphatic carbocycles. The molecule has 1 N–H and O–H groups in total. The van der Waals surface area contributed by atoms with Crippen LogP contribution in [0.3, 0.4) is 0 Å². The summed E-state index contributed by atoms with van der Waals surface area (Å²) in [7, 11) is 6.40. The van der Waals surface area contributed by atoms with E-state index in [9.17, 15) is 0 Å². The summed E-state index contributed by atoms with van der Waals surface area (Å²) in [6.07, 6.45) is 10.6. The normalized spacial score (nSPS) is 11.8. The van der Waals surface area contributed by atoms with E-state index in [-0.39, 0.29) is 0 Å². The summed E-state index contributed by atoms with van der Waals surface area (Å²) in [5.74, 6) is 1.04. The van der Waals surface area contributed by atoms with Crippen molar-refractivity contribution in [1.29, 1.82) is 0 Å². The van der Waals surface area contributed by atoms with Gasteiger partial charge >= 0.3 is 0 Å². The number of allylic oxidation sites excluding steroid dienone is 1. The molecule has 4 heteroatoms. The third-order valence-electron chi connectivity index (χ3n) is 3.62. The minimum atomic E-state index is 0.926. The molecule has 130 valence electrons.